The monoisotopic (exact) mass is 347 g/mol. The van der Waals surface area contributed by atoms with Gasteiger partial charge in [0, 0.05) is 22.5 Å². The minimum absolute atomic E-state index is 0.269. The van der Waals surface area contributed by atoms with Crippen LogP contribution in [0.3, 0.4) is 0 Å². The lowest BCUT2D eigenvalue weighted by Gasteiger charge is -2.22. The summed E-state index contributed by atoms with van der Waals surface area (Å²) in [6.45, 7) is 0. The first-order chi connectivity index (χ1) is 10.2. The molecule has 2 N–H and O–H groups in total. The standard InChI is InChI=1S/C17H22BrN3/c18-11-6-9-16-15(10-11)20-17(21(16)12-7-8-12)13-4-2-1-3-5-14(13)19/h6,9-10,12-14H,1-5,7-8,19H2. The Bertz CT molecular complexity index is 659. The summed E-state index contributed by atoms with van der Waals surface area (Å²) in [5.41, 5.74) is 8.89. The van der Waals surface area contributed by atoms with Gasteiger partial charge in [0.2, 0.25) is 0 Å². The smallest absolute Gasteiger partial charge is 0.114 e. The highest BCUT2D eigenvalue weighted by atomic mass is 79.9. The van der Waals surface area contributed by atoms with Gasteiger partial charge in [-0.15, -0.1) is 0 Å². The van der Waals surface area contributed by atoms with Crippen molar-refractivity contribution in [3.05, 3.63) is 28.5 Å². The first-order valence-electron chi connectivity index (χ1n) is 8.17. The van der Waals surface area contributed by atoms with Gasteiger partial charge in [0.1, 0.15) is 5.82 Å². The van der Waals surface area contributed by atoms with Crippen molar-refractivity contribution in [3.63, 3.8) is 0 Å². The molecule has 2 unspecified atom stereocenters. The van der Waals surface area contributed by atoms with Crippen LogP contribution in [0.15, 0.2) is 22.7 Å². The summed E-state index contributed by atoms with van der Waals surface area (Å²) in [4.78, 5) is 5.00. The largest absolute Gasteiger partial charge is 0.327 e. The minimum atomic E-state index is 0.269. The van der Waals surface area contributed by atoms with Gasteiger partial charge in [-0.3, -0.25) is 0 Å². The molecule has 0 aliphatic heterocycles. The van der Waals surface area contributed by atoms with E-state index in [0.717, 1.165) is 16.4 Å². The predicted molar refractivity (Wildman–Crippen MR) is 89.5 cm³/mol. The topological polar surface area (TPSA) is 43.8 Å². The van der Waals surface area contributed by atoms with E-state index in [1.54, 1.807) is 0 Å². The van der Waals surface area contributed by atoms with Crippen molar-refractivity contribution in [3.8, 4) is 0 Å². The Morgan fingerprint density at radius 1 is 1.10 bits per heavy atom. The molecule has 1 heterocycles. The molecule has 0 bridgehead atoms. The second-order valence-corrected chi connectivity index (χ2v) is 7.53. The number of nitrogens with two attached hydrogens (primary N) is 1. The van der Waals surface area contributed by atoms with Crippen LogP contribution in [0.2, 0.25) is 0 Å². The number of imidazole rings is 1. The Hall–Kier alpha value is -0.870. The molecule has 4 rings (SSSR count). The van der Waals surface area contributed by atoms with Crippen LogP contribution < -0.4 is 5.73 Å². The van der Waals surface area contributed by atoms with Crippen LogP contribution in [0.5, 0.6) is 0 Å². The Morgan fingerprint density at radius 3 is 2.71 bits per heavy atom. The molecule has 2 aliphatic rings. The van der Waals surface area contributed by atoms with E-state index in [2.05, 4.69) is 38.7 Å². The van der Waals surface area contributed by atoms with Gasteiger partial charge in [-0.05, 0) is 43.9 Å². The van der Waals surface area contributed by atoms with E-state index >= 15 is 0 Å². The third-order valence-corrected chi connectivity index (χ3v) is 5.49. The van der Waals surface area contributed by atoms with Gasteiger partial charge in [0.15, 0.2) is 0 Å². The van der Waals surface area contributed by atoms with E-state index in [0.29, 0.717) is 12.0 Å². The van der Waals surface area contributed by atoms with Crippen LogP contribution in [0.4, 0.5) is 0 Å². The number of benzene rings is 1. The summed E-state index contributed by atoms with van der Waals surface area (Å²) >= 11 is 3.57. The Kier molecular flexibility index (Phi) is 3.54. The maximum Gasteiger partial charge on any atom is 0.114 e. The number of hydrogen-bond donors (Lipinski definition) is 1. The van der Waals surface area contributed by atoms with Gasteiger partial charge in [0.05, 0.1) is 11.0 Å². The molecular weight excluding hydrogens is 326 g/mol. The first-order valence-corrected chi connectivity index (χ1v) is 8.96. The van der Waals surface area contributed by atoms with E-state index in [9.17, 15) is 0 Å². The summed E-state index contributed by atoms with van der Waals surface area (Å²) in [5.74, 6) is 1.68. The van der Waals surface area contributed by atoms with Crippen molar-refractivity contribution < 1.29 is 0 Å². The van der Waals surface area contributed by atoms with E-state index in [-0.39, 0.29) is 6.04 Å². The highest BCUT2D eigenvalue weighted by molar-refractivity contribution is 9.10. The van der Waals surface area contributed by atoms with Crippen molar-refractivity contribution in [1.82, 2.24) is 9.55 Å². The highest BCUT2D eigenvalue weighted by Gasteiger charge is 2.33. The molecule has 2 saturated carbocycles. The normalized spacial score (nSPS) is 27.0. The van der Waals surface area contributed by atoms with Gasteiger partial charge in [-0.2, -0.15) is 0 Å². The number of halogens is 1. The molecular formula is C17H22BrN3. The van der Waals surface area contributed by atoms with Gasteiger partial charge in [0.25, 0.3) is 0 Å². The Morgan fingerprint density at radius 2 is 1.90 bits per heavy atom. The van der Waals surface area contributed by atoms with Crippen LogP contribution in [-0.4, -0.2) is 15.6 Å². The SMILES string of the molecule is NC1CCCCCC1c1nc2cc(Br)ccc2n1C1CC1. The number of rotatable bonds is 2. The zero-order chi connectivity index (χ0) is 14.4. The molecule has 1 aromatic carbocycles. The van der Waals surface area contributed by atoms with Crippen molar-refractivity contribution >= 4 is 27.0 Å². The van der Waals surface area contributed by atoms with E-state index in [1.807, 2.05) is 0 Å². The molecule has 2 aromatic rings. The van der Waals surface area contributed by atoms with Gasteiger partial charge in [-0.25, -0.2) is 4.98 Å². The number of aromatic nitrogens is 2. The lowest BCUT2D eigenvalue weighted by molar-refractivity contribution is 0.465. The van der Waals surface area contributed by atoms with Crippen molar-refractivity contribution in [2.75, 3.05) is 0 Å². The fourth-order valence-corrected chi connectivity index (χ4v) is 4.07. The fraction of sp³-hybridized carbons (Fsp3) is 0.588. The molecule has 2 atom stereocenters. The fourth-order valence-electron chi connectivity index (χ4n) is 3.73. The van der Waals surface area contributed by atoms with Crippen LogP contribution >= 0.6 is 15.9 Å². The summed E-state index contributed by atoms with van der Waals surface area (Å²) in [6, 6.07) is 7.39. The second kappa shape index (κ2) is 5.40. The molecule has 1 aromatic heterocycles. The average molecular weight is 348 g/mol. The molecule has 2 fully saturated rings. The van der Waals surface area contributed by atoms with Crippen molar-refractivity contribution in [2.45, 2.75) is 62.9 Å². The minimum Gasteiger partial charge on any atom is -0.327 e. The molecule has 3 nitrogen and oxygen atoms in total. The molecule has 0 saturated heterocycles. The Labute approximate surface area is 134 Å². The van der Waals surface area contributed by atoms with E-state index in [1.165, 1.54) is 49.9 Å². The number of nitrogens with zero attached hydrogens (tertiary/aromatic N) is 2. The number of fused-ring (bicyclic) bond motifs is 1. The van der Waals surface area contributed by atoms with Gasteiger partial charge >= 0.3 is 0 Å². The van der Waals surface area contributed by atoms with Crippen LogP contribution in [0.1, 0.15) is 62.7 Å². The van der Waals surface area contributed by atoms with Crippen LogP contribution in [0.25, 0.3) is 11.0 Å². The number of hydrogen-bond acceptors (Lipinski definition) is 2. The average Bonchev–Trinajstić information content (AvgIpc) is 3.25. The van der Waals surface area contributed by atoms with Crippen molar-refractivity contribution in [2.24, 2.45) is 5.73 Å². The summed E-state index contributed by atoms with van der Waals surface area (Å²) in [6.07, 6.45) is 8.79. The van der Waals surface area contributed by atoms with Crippen LogP contribution in [0, 0.1) is 0 Å². The van der Waals surface area contributed by atoms with Crippen molar-refractivity contribution in [1.29, 1.82) is 0 Å². The maximum absolute atomic E-state index is 6.49. The molecule has 21 heavy (non-hydrogen) atoms. The zero-order valence-corrected chi connectivity index (χ0v) is 13.8. The molecule has 0 spiro atoms. The molecule has 4 heteroatoms. The van der Waals surface area contributed by atoms with E-state index in [4.69, 9.17) is 10.7 Å². The third-order valence-electron chi connectivity index (χ3n) is 4.99. The summed E-state index contributed by atoms with van der Waals surface area (Å²) < 4.78 is 3.60. The quantitative estimate of drug-likeness (QED) is 0.812. The lowest BCUT2D eigenvalue weighted by atomic mass is 9.94. The van der Waals surface area contributed by atoms with Gasteiger partial charge in [-0.1, -0.05) is 35.2 Å². The predicted octanol–water partition coefficient (Wildman–Crippen LogP) is 4.51. The second-order valence-electron chi connectivity index (χ2n) is 6.61. The molecule has 112 valence electrons. The third kappa shape index (κ3) is 2.53. The zero-order valence-electron chi connectivity index (χ0n) is 12.3. The summed E-state index contributed by atoms with van der Waals surface area (Å²) in [7, 11) is 0. The van der Waals surface area contributed by atoms with Crippen LogP contribution in [-0.2, 0) is 0 Å². The maximum atomic E-state index is 6.49. The summed E-state index contributed by atoms with van der Waals surface area (Å²) in [5, 5.41) is 0. The first kappa shape index (κ1) is 13.8. The molecule has 0 radical (unpaired) electrons. The van der Waals surface area contributed by atoms with E-state index < -0.39 is 0 Å². The molecule has 2 aliphatic carbocycles. The van der Waals surface area contributed by atoms with Gasteiger partial charge < -0.3 is 10.3 Å². The molecule has 0 amide bonds. The lowest BCUT2D eigenvalue weighted by Crippen LogP contribution is -2.29. The highest BCUT2D eigenvalue weighted by Crippen LogP contribution is 2.42. The Balaban J connectivity index is 1.84.